The molecule has 0 unspecified atom stereocenters. The molecule has 2 aromatic carbocycles. The van der Waals surface area contributed by atoms with Gasteiger partial charge in [0.25, 0.3) is 0 Å². The summed E-state index contributed by atoms with van der Waals surface area (Å²) in [5.74, 6) is 0.0543. The Bertz CT molecular complexity index is 1370. The number of rotatable bonds is 12. The van der Waals surface area contributed by atoms with Crippen LogP contribution in [0.1, 0.15) is 30.9 Å². The second-order valence-electron chi connectivity index (χ2n) is 9.32. The van der Waals surface area contributed by atoms with Gasteiger partial charge in [-0.2, -0.15) is 4.31 Å². The number of aliphatic hydroxyl groups is 1. The van der Waals surface area contributed by atoms with Gasteiger partial charge in [-0.25, -0.2) is 8.42 Å². The van der Waals surface area contributed by atoms with Crippen molar-refractivity contribution < 1.29 is 33.2 Å². The Labute approximate surface area is 223 Å². The van der Waals surface area contributed by atoms with Crippen LogP contribution >= 0.6 is 0 Å². The molecule has 2 aliphatic rings. The molecule has 1 aliphatic carbocycles. The zero-order valence-corrected chi connectivity index (χ0v) is 22.4. The van der Waals surface area contributed by atoms with Crippen molar-refractivity contribution in [3.63, 3.8) is 0 Å². The van der Waals surface area contributed by atoms with E-state index in [1.807, 2.05) is 49.4 Å². The molecule has 4 rings (SSSR count). The number of ether oxygens (including phenoxy) is 2. The van der Waals surface area contributed by atoms with Crippen LogP contribution in [-0.2, 0) is 26.2 Å². The third-order valence-corrected chi connectivity index (χ3v) is 8.77. The highest BCUT2D eigenvalue weighted by molar-refractivity contribution is 7.89. The molecule has 9 nitrogen and oxygen atoms in total. The average Bonchev–Trinajstić information content (AvgIpc) is 3.29. The van der Waals surface area contributed by atoms with E-state index < -0.39 is 22.6 Å². The van der Waals surface area contributed by atoms with Gasteiger partial charge in [0, 0.05) is 30.4 Å². The number of carbonyl (C=O) groups excluding carboxylic acids is 1. The summed E-state index contributed by atoms with van der Waals surface area (Å²) >= 11 is 0. The number of hydrogen-bond donors (Lipinski definition) is 3. The summed E-state index contributed by atoms with van der Waals surface area (Å²) in [6.07, 6.45) is 6.68. The van der Waals surface area contributed by atoms with Crippen LogP contribution in [-0.4, -0.2) is 62.4 Å². The van der Waals surface area contributed by atoms with E-state index in [-0.39, 0.29) is 29.8 Å². The van der Waals surface area contributed by atoms with Crippen molar-refractivity contribution in [3.8, 4) is 5.75 Å². The van der Waals surface area contributed by atoms with Crippen molar-refractivity contribution in [2.45, 2.75) is 37.3 Å². The second-order valence-corrected chi connectivity index (χ2v) is 11.2. The van der Waals surface area contributed by atoms with Gasteiger partial charge in [0.05, 0.1) is 30.8 Å². The summed E-state index contributed by atoms with van der Waals surface area (Å²) in [5.41, 5.74) is 3.21. The molecule has 38 heavy (non-hydrogen) atoms. The number of benzene rings is 2. The third-order valence-electron chi connectivity index (χ3n) is 6.83. The van der Waals surface area contributed by atoms with Crippen LogP contribution in [0.4, 0.5) is 5.69 Å². The molecule has 0 bridgehead atoms. The minimum atomic E-state index is -3.89. The Balaban J connectivity index is 1.61. The molecule has 1 aliphatic heterocycles. The molecule has 0 spiro atoms. The van der Waals surface area contributed by atoms with Crippen LogP contribution in [0, 0.1) is 5.92 Å². The number of nitrogens with zero attached hydrogens (tertiary/aromatic N) is 1. The fourth-order valence-electron chi connectivity index (χ4n) is 4.81. The number of sulfonamides is 1. The van der Waals surface area contributed by atoms with Gasteiger partial charge in [-0.15, -0.1) is 0 Å². The SMILES string of the molecule is CCOc1ccc(S(=O)(=O)N2C[C@@H](CC3=CC=C3)[C@@H](Nc3ccccc3C(=[NH2+])CC(=O)OC)C2)c(CO)c1. The number of esters is 1. The van der Waals surface area contributed by atoms with Gasteiger partial charge in [-0.05, 0) is 55.2 Å². The Morgan fingerprint density at radius 1 is 1.21 bits per heavy atom. The number of allylic oxidation sites excluding steroid dienone is 4. The van der Waals surface area contributed by atoms with Gasteiger partial charge >= 0.3 is 5.97 Å². The summed E-state index contributed by atoms with van der Waals surface area (Å²) < 4.78 is 39.2. The predicted molar refractivity (Wildman–Crippen MR) is 144 cm³/mol. The zero-order chi connectivity index (χ0) is 27.3. The monoisotopic (exact) mass is 540 g/mol. The van der Waals surface area contributed by atoms with Crippen molar-refractivity contribution in [2.75, 3.05) is 32.1 Å². The lowest BCUT2D eigenvalue weighted by Gasteiger charge is -2.23. The zero-order valence-electron chi connectivity index (χ0n) is 21.6. The normalized spacial score (nSPS) is 19.0. The van der Waals surface area contributed by atoms with E-state index in [4.69, 9.17) is 14.9 Å². The maximum Gasteiger partial charge on any atom is 0.316 e. The smallest absolute Gasteiger partial charge is 0.316 e. The quantitative estimate of drug-likeness (QED) is 0.276. The Morgan fingerprint density at radius 3 is 2.63 bits per heavy atom. The molecule has 0 aromatic heterocycles. The standard InChI is InChI=1S/C28H33N3O6S/c1-3-37-22-11-12-27(21(14-22)18-32)38(34,35)31-16-20(13-19-7-6-8-19)26(17-31)30-25-10-5-4-9-23(25)24(29)15-28(33)36-2/h4-12,14,20,26,29-30,32H,3,13,15-18H2,1-2H3/p+1/t20-,26+/m1/s1. The maximum absolute atomic E-state index is 13.8. The van der Waals surface area contributed by atoms with E-state index in [9.17, 15) is 18.3 Å². The number of nitrogens with two attached hydrogens (primary N) is 1. The molecule has 2 atom stereocenters. The van der Waals surface area contributed by atoms with Crippen molar-refractivity contribution in [1.29, 1.82) is 0 Å². The molecule has 1 fully saturated rings. The fraction of sp³-hybridized carbons (Fsp3) is 0.357. The van der Waals surface area contributed by atoms with E-state index in [1.165, 1.54) is 17.5 Å². The lowest BCUT2D eigenvalue weighted by molar-refractivity contribution is -0.142. The Morgan fingerprint density at radius 2 is 1.97 bits per heavy atom. The topological polar surface area (TPSA) is 131 Å². The number of aliphatic hydroxyl groups excluding tert-OH is 1. The number of para-hydroxylation sites is 1. The van der Waals surface area contributed by atoms with Gasteiger partial charge in [-0.1, -0.05) is 30.4 Å². The third kappa shape index (κ3) is 5.98. The second kappa shape index (κ2) is 11.9. The highest BCUT2D eigenvalue weighted by Crippen LogP contribution is 2.34. The number of methoxy groups -OCH3 is 1. The summed E-state index contributed by atoms with van der Waals surface area (Å²) in [7, 11) is -2.58. The van der Waals surface area contributed by atoms with Crippen molar-refractivity contribution in [1.82, 2.24) is 4.31 Å². The summed E-state index contributed by atoms with van der Waals surface area (Å²) in [6.45, 7) is 2.40. The van der Waals surface area contributed by atoms with Crippen LogP contribution in [0.5, 0.6) is 5.75 Å². The molecule has 0 radical (unpaired) electrons. The molecule has 1 saturated heterocycles. The lowest BCUT2D eigenvalue weighted by Crippen LogP contribution is -2.42. The first-order chi connectivity index (χ1) is 18.3. The van der Waals surface area contributed by atoms with E-state index in [0.29, 0.717) is 42.2 Å². The molecular formula is C28H34N3O6S+. The maximum atomic E-state index is 13.8. The first-order valence-electron chi connectivity index (χ1n) is 12.5. The minimum absolute atomic E-state index is 0.0175. The first-order valence-corrected chi connectivity index (χ1v) is 14.0. The van der Waals surface area contributed by atoms with Crippen molar-refractivity contribution >= 4 is 27.4 Å². The first kappa shape index (κ1) is 27.6. The van der Waals surface area contributed by atoms with Crippen LogP contribution in [0.3, 0.4) is 0 Å². The molecular weight excluding hydrogens is 506 g/mol. The van der Waals surface area contributed by atoms with E-state index in [2.05, 4.69) is 5.32 Å². The molecule has 2 aromatic rings. The average molecular weight is 541 g/mol. The van der Waals surface area contributed by atoms with Gasteiger partial charge in [0.1, 0.15) is 12.2 Å². The highest BCUT2D eigenvalue weighted by Gasteiger charge is 2.40. The number of hydrogen-bond acceptors (Lipinski definition) is 7. The van der Waals surface area contributed by atoms with Crippen LogP contribution in [0.2, 0.25) is 0 Å². The molecule has 0 saturated carbocycles. The summed E-state index contributed by atoms with van der Waals surface area (Å²) in [6, 6.07) is 11.8. The number of nitrogens with one attached hydrogen (secondary N) is 1. The van der Waals surface area contributed by atoms with Gasteiger partial charge in [0.15, 0.2) is 5.71 Å². The van der Waals surface area contributed by atoms with Crippen LogP contribution in [0.15, 0.2) is 71.2 Å². The van der Waals surface area contributed by atoms with Crippen molar-refractivity contribution in [2.24, 2.45) is 5.92 Å². The van der Waals surface area contributed by atoms with Crippen LogP contribution < -0.4 is 15.5 Å². The van der Waals surface area contributed by atoms with E-state index in [1.54, 1.807) is 12.1 Å². The minimum Gasteiger partial charge on any atom is -0.494 e. The van der Waals surface area contributed by atoms with Crippen LogP contribution in [0.25, 0.3) is 0 Å². The summed E-state index contributed by atoms with van der Waals surface area (Å²) in [5, 5.41) is 19.7. The Kier molecular flexibility index (Phi) is 8.65. The lowest BCUT2D eigenvalue weighted by atomic mass is 9.91. The largest absolute Gasteiger partial charge is 0.494 e. The number of anilines is 1. The molecule has 4 N–H and O–H groups in total. The molecule has 0 amide bonds. The number of carbonyl (C=O) groups is 1. The van der Waals surface area contributed by atoms with E-state index >= 15 is 0 Å². The fourth-order valence-corrected chi connectivity index (χ4v) is 6.53. The van der Waals surface area contributed by atoms with Gasteiger partial charge < -0.3 is 19.9 Å². The highest BCUT2D eigenvalue weighted by atomic mass is 32.2. The summed E-state index contributed by atoms with van der Waals surface area (Å²) in [4.78, 5) is 11.9. The molecule has 1 heterocycles. The Hall–Kier alpha value is -3.47. The molecule has 202 valence electrons. The van der Waals surface area contributed by atoms with E-state index in [0.717, 1.165) is 11.3 Å². The van der Waals surface area contributed by atoms with Gasteiger partial charge in [0.2, 0.25) is 10.0 Å². The predicted octanol–water partition coefficient (Wildman–Crippen LogP) is 1.68. The molecule has 10 heteroatoms. The van der Waals surface area contributed by atoms with Gasteiger partial charge in [-0.3, -0.25) is 10.2 Å². The van der Waals surface area contributed by atoms with Crippen molar-refractivity contribution in [3.05, 3.63) is 77.4 Å².